The largest absolute Gasteiger partial charge is 0.345 e. The average molecular weight is 334 g/mol. The number of rotatable bonds is 2. The van der Waals surface area contributed by atoms with Crippen LogP contribution in [0.25, 0.3) is 33.4 Å². The molecule has 0 aliphatic heterocycles. The number of fused-ring (bicyclic) bond motifs is 1. The maximum absolute atomic E-state index is 12.0. The van der Waals surface area contributed by atoms with Crippen LogP contribution in [0.4, 0.5) is 0 Å². The summed E-state index contributed by atoms with van der Waals surface area (Å²) in [4.78, 5) is 23.2. The Morgan fingerprint density at radius 3 is 2.46 bits per heavy atom. The fourth-order valence-electron chi connectivity index (χ4n) is 2.64. The lowest BCUT2D eigenvalue weighted by molar-refractivity contribution is 1.08. The highest BCUT2D eigenvalue weighted by Crippen LogP contribution is 2.29. The molecule has 4 rings (SSSR count). The third-order valence-corrected chi connectivity index (χ3v) is 4.07. The maximum atomic E-state index is 12.0. The Morgan fingerprint density at radius 2 is 1.62 bits per heavy atom. The molecule has 2 heterocycles. The van der Waals surface area contributed by atoms with Gasteiger partial charge in [0.05, 0.1) is 16.9 Å². The molecule has 0 bridgehead atoms. The quantitative estimate of drug-likeness (QED) is 0.556. The summed E-state index contributed by atoms with van der Waals surface area (Å²) in [5.41, 5.74) is 3.12. The van der Waals surface area contributed by atoms with E-state index in [4.69, 9.17) is 11.6 Å². The van der Waals surface area contributed by atoms with Gasteiger partial charge in [0.2, 0.25) is 0 Å². The monoisotopic (exact) mass is 333 g/mol. The molecule has 0 radical (unpaired) electrons. The molecule has 0 saturated heterocycles. The van der Waals surface area contributed by atoms with Crippen molar-refractivity contribution in [3.63, 3.8) is 0 Å². The number of nitrogens with one attached hydrogen (secondary N) is 1. The average Bonchev–Trinajstić information content (AvgIpc) is 2.61. The number of halogens is 1. The number of hydrogen-bond donors (Lipinski definition) is 1. The summed E-state index contributed by atoms with van der Waals surface area (Å²) in [6, 6.07) is 21.0. The summed E-state index contributed by atoms with van der Waals surface area (Å²) in [6.07, 6.45) is 0. The third-order valence-electron chi connectivity index (χ3n) is 3.78. The van der Waals surface area contributed by atoms with E-state index in [1.54, 1.807) is 0 Å². The van der Waals surface area contributed by atoms with Gasteiger partial charge in [0.25, 0.3) is 0 Å². The van der Waals surface area contributed by atoms with Crippen LogP contribution in [0.1, 0.15) is 0 Å². The maximum Gasteiger partial charge on any atom is 0.345 e. The van der Waals surface area contributed by atoms with Crippen LogP contribution in [0.5, 0.6) is 0 Å². The molecule has 2 aromatic heterocycles. The summed E-state index contributed by atoms with van der Waals surface area (Å²) < 4.78 is 0. The zero-order chi connectivity index (χ0) is 16.5. The molecule has 0 atom stereocenters. The van der Waals surface area contributed by atoms with E-state index in [-0.39, 0.29) is 0 Å². The highest BCUT2D eigenvalue weighted by atomic mass is 35.5. The fourth-order valence-corrected chi connectivity index (χ4v) is 2.89. The van der Waals surface area contributed by atoms with E-state index in [1.165, 1.54) is 0 Å². The molecule has 116 valence electrons. The molecule has 1 N–H and O–H groups in total. The van der Waals surface area contributed by atoms with Crippen molar-refractivity contribution in [3.05, 3.63) is 82.4 Å². The van der Waals surface area contributed by atoms with Crippen LogP contribution in [0.2, 0.25) is 5.15 Å². The first-order valence-corrected chi connectivity index (χ1v) is 7.81. The number of aromatic amines is 1. The number of aromatic nitrogens is 3. The Labute approximate surface area is 142 Å². The Bertz CT molecular complexity index is 1090. The lowest BCUT2D eigenvalue weighted by Gasteiger charge is -2.08. The van der Waals surface area contributed by atoms with Gasteiger partial charge in [0.1, 0.15) is 5.15 Å². The summed E-state index contributed by atoms with van der Waals surface area (Å²) in [5, 5.41) is 1.30. The number of para-hydroxylation sites is 1. The van der Waals surface area contributed by atoms with Crippen LogP contribution in [0, 0.1) is 0 Å². The fraction of sp³-hybridized carbons (Fsp3) is 0. The van der Waals surface area contributed by atoms with E-state index in [1.807, 2.05) is 66.7 Å². The van der Waals surface area contributed by atoms with Crippen molar-refractivity contribution in [3.8, 4) is 22.5 Å². The normalized spacial score (nSPS) is 10.9. The van der Waals surface area contributed by atoms with Crippen LogP contribution in [-0.4, -0.2) is 15.0 Å². The van der Waals surface area contributed by atoms with Crippen molar-refractivity contribution >= 4 is 22.5 Å². The minimum absolute atomic E-state index is 0.342. The highest BCUT2D eigenvalue weighted by Gasteiger charge is 2.11. The van der Waals surface area contributed by atoms with E-state index in [0.717, 1.165) is 16.5 Å². The van der Waals surface area contributed by atoms with Crippen LogP contribution in [0.3, 0.4) is 0 Å². The van der Waals surface area contributed by atoms with Gasteiger partial charge >= 0.3 is 5.69 Å². The molecule has 0 aliphatic carbocycles. The topological polar surface area (TPSA) is 58.6 Å². The molecule has 2 aromatic carbocycles. The van der Waals surface area contributed by atoms with E-state index in [9.17, 15) is 4.79 Å². The predicted molar refractivity (Wildman–Crippen MR) is 96.0 cm³/mol. The van der Waals surface area contributed by atoms with Crippen LogP contribution < -0.4 is 5.69 Å². The zero-order valence-electron chi connectivity index (χ0n) is 12.5. The first-order chi connectivity index (χ1) is 11.7. The lowest BCUT2D eigenvalue weighted by Crippen LogP contribution is -2.12. The number of hydrogen-bond acceptors (Lipinski definition) is 3. The van der Waals surface area contributed by atoms with Gasteiger partial charge in [-0.25, -0.2) is 9.78 Å². The molecule has 4 nitrogen and oxygen atoms in total. The second kappa shape index (κ2) is 5.91. The summed E-state index contributed by atoms with van der Waals surface area (Å²) in [6.45, 7) is 0. The van der Waals surface area contributed by atoms with Crippen LogP contribution in [0.15, 0.2) is 71.5 Å². The van der Waals surface area contributed by atoms with Crippen molar-refractivity contribution in [2.75, 3.05) is 0 Å². The van der Waals surface area contributed by atoms with E-state index < -0.39 is 5.69 Å². The Balaban J connectivity index is 1.92. The second-order valence-corrected chi connectivity index (χ2v) is 5.73. The van der Waals surface area contributed by atoms with Crippen molar-refractivity contribution in [1.29, 1.82) is 0 Å². The van der Waals surface area contributed by atoms with Gasteiger partial charge in [-0.1, -0.05) is 60.1 Å². The molecular formula is C19H12ClN3O. The first-order valence-electron chi connectivity index (χ1n) is 7.43. The van der Waals surface area contributed by atoms with Gasteiger partial charge in [-0.2, -0.15) is 4.98 Å². The minimum Gasteiger partial charge on any atom is -0.305 e. The van der Waals surface area contributed by atoms with Gasteiger partial charge in [-0.15, -0.1) is 0 Å². The molecule has 0 spiro atoms. The predicted octanol–water partition coefficient (Wildman–Crippen LogP) is 4.31. The lowest BCUT2D eigenvalue weighted by atomic mass is 10.1. The molecule has 0 saturated carbocycles. The number of nitrogens with zero attached hydrogens (tertiary/aromatic N) is 2. The van der Waals surface area contributed by atoms with Crippen molar-refractivity contribution in [2.45, 2.75) is 0 Å². The number of pyridine rings is 1. The SMILES string of the molecule is O=c1nc(-c2ccccc2)cc(-c2cc3ccccc3nc2Cl)[nH]1. The Hall–Kier alpha value is -2.98. The number of benzene rings is 2. The number of H-pyrrole nitrogens is 1. The highest BCUT2D eigenvalue weighted by molar-refractivity contribution is 6.32. The van der Waals surface area contributed by atoms with Gasteiger partial charge in [0.15, 0.2) is 0 Å². The van der Waals surface area contributed by atoms with E-state index >= 15 is 0 Å². The Morgan fingerprint density at radius 1 is 0.875 bits per heavy atom. The van der Waals surface area contributed by atoms with Crippen LogP contribution >= 0.6 is 11.6 Å². The summed E-state index contributed by atoms with van der Waals surface area (Å²) >= 11 is 6.33. The summed E-state index contributed by atoms with van der Waals surface area (Å²) in [7, 11) is 0. The second-order valence-electron chi connectivity index (χ2n) is 5.37. The Kier molecular flexibility index (Phi) is 3.59. The van der Waals surface area contributed by atoms with Crippen molar-refractivity contribution < 1.29 is 0 Å². The minimum atomic E-state index is -0.421. The van der Waals surface area contributed by atoms with Gasteiger partial charge in [-0.3, -0.25) is 0 Å². The van der Waals surface area contributed by atoms with Crippen LogP contribution in [-0.2, 0) is 0 Å². The van der Waals surface area contributed by atoms with Gasteiger partial charge in [0, 0.05) is 16.5 Å². The molecule has 0 amide bonds. The first kappa shape index (κ1) is 14.6. The summed E-state index contributed by atoms with van der Waals surface area (Å²) in [5.74, 6) is 0. The smallest absolute Gasteiger partial charge is 0.305 e. The van der Waals surface area contributed by atoms with Crippen molar-refractivity contribution in [2.24, 2.45) is 0 Å². The molecule has 4 aromatic rings. The molecule has 0 fully saturated rings. The van der Waals surface area contributed by atoms with Gasteiger partial charge < -0.3 is 4.98 Å². The van der Waals surface area contributed by atoms with E-state index in [0.29, 0.717) is 22.1 Å². The molecular weight excluding hydrogens is 322 g/mol. The molecule has 0 aliphatic rings. The molecule has 0 unspecified atom stereocenters. The van der Waals surface area contributed by atoms with E-state index in [2.05, 4.69) is 15.0 Å². The zero-order valence-corrected chi connectivity index (χ0v) is 13.3. The van der Waals surface area contributed by atoms with Crippen molar-refractivity contribution in [1.82, 2.24) is 15.0 Å². The molecule has 24 heavy (non-hydrogen) atoms. The third kappa shape index (κ3) is 2.68. The van der Waals surface area contributed by atoms with Gasteiger partial charge in [-0.05, 0) is 18.2 Å². The standard InChI is InChI=1S/C19H12ClN3O/c20-18-14(10-13-8-4-5-9-15(13)21-18)17-11-16(22-19(24)23-17)12-6-2-1-3-7-12/h1-11H,(H,22,23,24). The molecule has 5 heteroatoms.